The van der Waals surface area contributed by atoms with Crippen LogP contribution in [0, 0.1) is 0 Å². The van der Waals surface area contributed by atoms with Gasteiger partial charge in [0, 0.05) is 5.56 Å². The minimum atomic E-state index is 0.518. The third kappa shape index (κ3) is 2.42. The summed E-state index contributed by atoms with van der Waals surface area (Å²) in [5.41, 5.74) is 7.95. The fourth-order valence-electron chi connectivity index (χ4n) is 3.29. The van der Waals surface area contributed by atoms with Crippen molar-refractivity contribution < 1.29 is 0 Å². The lowest BCUT2D eigenvalue weighted by Gasteiger charge is -2.04. The Kier molecular flexibility index (Phi) is 3.25. The Bertz CT molecular complexity index is 1180. The van der Waals surface area contributed by atoms with Gasteiger partial charge in [-0.05, 0) is 35.7 Å². The van der Waals surface area contributed by atoms with Crippen molar-refractivity contribution >= 4 is 33.1 Å². The Balaban J connectivity index is 1.66. The number of aromatic nitrogens is 4. The number of imidazole rings is 1. The van der Waals surface area contributed by atoms with E-state index < -0.39 is 0 Å². The van der Waals surface area contributed by atoms with E-state index in [2.05, 4.69) is 43.1 Å². The molecule has 126 valence electrons. The van der Waals surface area contributed by atoms with Crippen LogP contribution in [-0.2, 0) is 0 Å². The van der Waals surface area contributed by atoms with Crippen molar-refractivity contribution in [2.75, 3.05) is 0 Å². The summed E-state index contributed by atoms with van der Waals surface area (Å²) in [6.07, 6.45) is 0. The number of rotatable bonds is 2. The van der Waals surface area contributed by atoms with Crippen LogP contribution in [0.4, 0.5) is 0 Å². The second-order valence-electron chi connectivity index (χ2n) is 6.94. The minimum Gasteiger partial charge on any atom is -0.352 e. The highest BCUT2D eigenvalue weighted by Gasteiger charge is 2.10. The average Bonchev–Trinajstić information content (AvgIpc) is 3.07. The molecule has 0 atom stereocenters. The van der Waals surface area contributed by atoms with E-state index in [-0.39, 0.29) is 0 Å². The number of hydrogen-bond acceptors (Lipinski definition) is 3. The van der Waals surface area contributed by atoms with Crippen LogP contribution < -0.4 is 0 Å². The van der Waals surface area contributed by atoms with Crippen molar-refractivity contribution in [3.8, 4) is 11.4 Å². The quantitative estimate of drug-likeness (QED) is 0.435. The van der Waals surface area contributed by atoms with Crippen molar-refractivity contribution in [1.29, 1.82) is 0 Å². The number of hydrogen-bond donors (Lipinski definition) is 1. The third-order valence-corrected chi connectivity index (χ3v) is 4.80. The summed E-state index contributed by atoms with van der Waals surface area (Å²) in [6.45, 7) is 4.39. The summed E-state index contributed by atoms with van der Waals surface area (Å²) < 4.78 is 0. The molecule has 2 aromatic heterocycles. The van der Waals surface area contributed by atoms with Crippen LogP contribution in [0.3, 0.4) is 0 Å². The summed E-state index contributed by atoms with van der Waals surface area (Å²) in [5.74, 6) is 1.28. The molecule has 0 aliphatic heterocycles. The lowest BCUT2D eigenvalue weighted by molar-refractivity contribution is 0.867. The molecule has 2 heterocycles. The van der Waals surface area contributed by atoms with E-state index in [1.165, 1.54) is 5.56 Å². The maximum atomic E-state index is 4.74. The summed E-state index contributed by atoms with van der Waals surface area (Å²) in [7, 11) is 0. The first kappa shape index (κ1) is 15.0. The predicted octanol–water partition coefficient (Wildman–Crippen LogP) is 5.45. The third-order valence-electron chi connectivity index (χ3n) is 4.80. The zero-order valence-corrected chi connectivity index (χ0v) is 14.7. The predicted molar refractivity (Wildman–Crippen MR) is 106 cm³/mol. The highest BCUT2D eigenvalue weighted by atomic mass is 14.9. The summed E-state index contributed by atoms with van der Waals surface area (Å²) >= 11 is 0. The fourth-order valence-corrected chi connectivity index (χ4v) is 3.29. The Morgan fingerprint density at radius 1 is 0.692 bits per heavy atom. The lowest BCUT2D eigenvalue weighted by Crippen LogP contribution is -1.87. The molecule has 5 rings (SSSR count). The lowest BCUT2D eigenvalue weighted by atomic mass is 10.0. The maximum Gasteiger partial charge on any atom is 0.160 e. The van der Waals surface area contributed by atoms with Crippen LogP contribution in [0.1, 0.15) is 25.3 Å². The number of aromatic amines is 1. The molecule has 1 N–H and O–H groups in total. The molecule has 0 bridgehead atoms. The van der Waals surface area contributed by atoms with Gasteiger partial charge < -0.3 is 4.98 Å². The van der Waals surface area contributed by atoms with Crippen LogP contribution in [0.15, 0.2) is 60.7 Å². The Hall–Kier alpha value is -3.27. The Morgan fingerprint density at radius 3 is 2.19 bits per heavy atom. The standard InChI is InChI=1S/C22H18N4/c1-13(2)14-7-9-15(10-8-14)22-25-20-11-18-19(12-21(20)26-22)24-17-6-4-3-5-16(17)23-18/h3-13,23H,1-2H3. The normalized spacial score (nSPS) is 11.8. The molecular formula is C22H18N4. The van der Waals surface area contributed by atoms with E-state index in [1.807, 2.05) is 36.4 Å². The molecule has 0 fully saturated rings. The molecule has 0 spiro atoms. The molecule has 0 radical (unpaired) electrons. The number of para-hydroxylation sites is 2. The first-order chi connectivity index (χ1) is 12.7. The largest absolute Gasteiger partial charge is 0.352 e. The maximum absolute atomic E-state index is 4.74. The molecule has 0 aliphatic rings. The van der Waals surface area contributed by atoms with Crippen molar-refractivity contribution in [1.82, 2.24) is 19.9 Å². The van der Waals surface area contributed by atoms with Gasteiger partial charge in [-0.25, -0.2) is 15.0 Å². The minimum absolute atomic E-state index is 0.518. The second kappa shape index (κ2) is 5.63. The Labute approximate surface area is 150 Å². The van der Waals surface area contributed by atoms with Crippen LogP contribution in [0.5, 0.6) is 0 Å². The molecule has 0 unspecified atom stereocenters. The topological polar surface area (TPSA) is 54.5 Å². The van der Waals surface area contributed by atoms with Gasteiger partial charge in [0.1, 0.15) is 0 Å². The molecule has 3 aromatic carbocycles. The molecular weight excluding hydrogens is 320 g/mol. The van der Waals surface area contributed by atoms with Crippen LogP contribution >= 0.6 is 0 Å². The number of benzene rings is 3. The highest BCUT2D eigenvalue weighted by Crippen LogP contribution is 2.26. The van der Waals surface area contributed by atoms with Crippen molar-refractivity contribution in [2.24, 2.45) is 0 Å². The Morgan fingerprint density at radius 2 is 1.42 bits per heavy atom. The van der Waals surface area contributed by atoms with Gasteiger partial charge in [0.05, 0.1) is 33.1 Å². The van der Waals surface area contributed by atoms with Gasteiger partial charge in [-0.15, -0.1) is 0 Å². The van der Waals surface area contributed by atoms with E-state index in [0.717, 1.165) is 44.5 Å². The van der Waals surface area contributed by atoms with E-state index in [1.54, 1.807) is 0 Å². The summed E-state index contributed by atoms with van der Waals surface area (Å²) in [6, 6.07) is 20.6. The fraction of sp³-hybridized carbons (Fsp3) is 0.136. The van der Waals surface area contributed by atoms with Gasteiger partial charge in [0.15, 0.2) is 5.82 Å². The van der Waals surface area contributed by atoms with Crippen LogP contribution in [0.2, 0.25) is 0 Å². The van der Waals surface area contributed by atoms with E-state index in [0.29, 0.717) is 5.92 Å². The van der Waals surface area contributed by atoms with Crippen molar-refractivity contribution in [3.63, 3.8) is 0 Å². The molecule has 4 nitrogen and oxygen atoms in total. The molecule has 5 aromatic rings. The average molecular weight is 338 g/mol. The monoisotopic (exact) mass is 338 g/mol. The number of fused-ring (bicyclic) bond motifs is 3. The first-order valence-electron chi connectivity index (χ1n) is 8.84. The molecule has 4 heteroatoms. The van der Waals surface area contributed by atoms with E-state index in [4.69, 9.17) is 15.0 Å². The van der Waals surface area contributed by atoms with Gasteiger partial charge in [-0.3, -0.25) is 0 Å². The SMILES string of the molecule is CC(C)c1ccc(-c2nc3cc4nc5ccccc5[nH]c4cc3n2)cc1. The highest BCUT2D eigenvalue weighted by molar-refractivity contribution is 5.95. The van der Waals surface area contributed by atoms with Crippen molar-refractivity contribution in [2.45, 2.75) is 19.8 Å². The smallest absolute Gasteiger partial charge is 0.160 e. The van der Waals surface area contributed by atoms with Gasteiger partial charge in [-0.2, -0.15) is 0 Å². The van der Waals surface area contributed by atoms with Gasteiger partial charge in [0.2, 0.25) is 0 Å². The molecule has 0 saturated carbocycles. The number of H-pyrrole nitrogens is 1. The summed E-state index contributed by atoms with van der Waals surface area (Å²) in [4.78, 5) is 17.6. The van der Waals surface area contributed by atoms with Gasteiger partial charge in [0.25, 0.3) is 0 Å². The molecule has 0 amide bonds. The van der Waals surface area contributed by atoms with Crippen LogP contribution in [0.25, 0.3) is 44.5 Å². The first-order valence-corrected chi connectivity index (χ1v) is 8.84. The molecule has 0 aliphatic carbocycles. The summed E-state index contributed by atoms with van der Waals surface area (Å²) in [5, 5.41) is 0. The zero-order chi connectivity index (χ0) is 17.7. The molecule has 26 heavy (non-hydrogen) atoms. The zero-order valence-electron chi connectivity index (χ0n) is 14.7. The number of nitrogens with one attached hydrogen (secondary N) is 1. The van der Waals surface area contributed by atoms with E-state index >= 15 is 0 Å². The van der Waals surface area contributed by atoms with Gasteiger partial charge >= 0.3 is 0 Å². The molecule has 0 saturated heterocycles. The van der Waals surface area contributed by atoms with Crippen LogP contribution in [-0.4, -0.2) is 19.9 Å². The number of nitrogens with zero attached hydrogens (tertiary/aromatic N) is 3. The van der Waals surface area contributed by atoms with Gasteiger partial charge in [-0.1, -0.05) is 50.2 Å². The second-order valence-corrected chi connectivity index (χ2v) is 6.94. The van der Waals surface area contributed by atoms with E-state index in [9.17, 15) is 0 Å². The van der Waals surface area contributed by atoms with Crippen molar-refractivity contribution in [3.05, 3.63) is 66.2 Å².